The van der Waals surface area contributed by atoms with Gasteiger partial charge in [0, 0.05) is 0 Å². The lowest BCUT2D eigenvalue weighted by Crippen LogP contribution is -2.27. The molecule has 0 spiro atoms. The lowest BCUT2D eigenvalue weighted by Gasteiger charge is -2.27. The first-order chi connectivity index (χ1) is 6.18. The first kappa shape index (κ1) is 13.3. The Kier molecular flexibility index (Phi) is 7.87. The molecule has 0 aliphatic carbocycles. The van der Waals surface area contributed by atoms with Gasteiger partial charge in [0.25, 0.3) is 0 Å². The number of hydrogen-bond donors (Lipinski definition) is 1. The van der Waals surface area contributed by atoms with Crippen molar-refractivity contribution >= 4 is 11.8 Å². The standard InChI is InChI=1S/C11H25NS/c1-4-7-11(3,10-12)8-6-9-13-5-2/h4-10,12H2,1-3H3. The summed E-state index contributed by atoms with van der Waals surface area (Å²) in [5.74, 6) is 2.54. The quantitative estimate of drug-likeness (QED) is 0.613. The maximum atomic E-state index is 5.80. The van der Waals surface area contributed by atoms with E-state index in [1.807, 2.05) is 11.8 Å². The van der Waals surface area contributed by atoms with Crippen LogP contribution in [0.15, 0.2) is 0 Å². The minimum Gasteiger partial charge on any atom is -0.330 e. The summed E-state index contributed by atoms with van der Waals surface area (Å²) in [5.41, 5.74) is 6.21. The molecule has 0 aromatic rings. The van der Waals surface area contributed by atoms with Crippen LogP contribution in [0.3, 0.4) is 0 Å². The Hall–Kier alpha value is 0.310. The fourth-order valence-electron chi connectivity index (χ4n) is 1.68. The topological polar surface area (TPSA) is 26.0 Å². The summed E-state index contributed by atoms with van der Waals surface area (Å²) in [6.45, 7) is 7.64. The van der Waals surface area contributed by atoms with Gasteiger partial charge in [-0.05, 0) is 42.7 Å². The number of hydrogen-bond acceptors (Lipinski definition) is 2. The van der Waals surface area contributed by atoms with Gasteiger partial charge in [-0.3, -0.25) is 0 Å². The van der Waals surface area contributed by atoms with E-state index in [0.717, 1.165) is 6.54 Å². The van der Waals surface area contributed by atoms with E-state index in [2.05, 4.69) is 20.8 Å². The van der Waals surface area contributed by atoms with Crippen LogP contribution >= 0.6 is 11.8 Å². The van der Waals surface area contributed by atoms with E-state index in [-0.39, 0.29) is 0 Å². The fourth-order valence-corrected chi connectivity index (χ4v) is 2.32. The summed E-state index contributed by atoms with van der Waals surface area (Å²) in [6, 6.07) is 0. The second-order valence-corrected chi connectivity index (χ2v) is 5.46. The van der Waals surface area contributed by atoms with Gasteiger partial charge in [-0.2, -0.15) is 11.8 Å². The summed E-state index contributed by atoms with van der Waals surface area (Å²) >= 11 is 2.04. The molecule has 2 heteroatoms. The van der Waals surface area contributed by atoms with Gasteiger partial charge in [0.05, 0.1) is 0 Å². The molecule has 0 aliphatic heterocycles. The van der Waals surface area contributed by atoms with Crippen molar-refractivity contribution in [3.05, 3.63) is 0 Å². The molecule has 0 saturated heterocycles. The second kappa shape index (κ2) is 7.69. The van der Waals surface area contributed by atoms with E-state index in [1.165, 1.54) is 37.2 Å². The van der Waals surface area contributed by atoms with Crippen molar-refractivity contribution < 1.29 is 0 Å². The molecule has 0 aliphatic rings. The van der Waals surface area contributed by atoms with Crippen molar-refractivity contribution in [3.8, 4) is 0 Å². The van der Waals surface area contributed by atoms with Gasteiger partial charge in [0.1, 0.15) is 0 Å². The van der Waals surface area contributed by atoms with E-state index in [9.17, 15) is 0 Å². The predicted molar refractivity (Wildman–Crippen MR) is 64.3 cm³/mol. The van der Waals surface area contributed by atoms with Gasteiger partial charge in [-0.15, -0.1) is 0 Å². The molecular weight excluding hydrogens is 178 g/mol. The van der Waals surface area contributed by atoms with Gasteiger partial charge >= 0.3 is 0 Å². The molecule has 2 N–H and O–H groups in total. The van der Waals surface area contributed by atoms with Crippen LogP contribution in [0.4, 0.5) is 0 Å². The summed E-state index contributed by atoms with van der Waals surface area (Å²) < 4.78 is 0. The first-order valence-corrected chi connectivity index (χ1v) is 6.62. The zero-order chi connectivity index (χ0) is 10.2. The maximum Gasteiger partial charge on any atom is -0.00232 e. The Bertz CT molecular complexity index is 117. The van der Waals surface area contributed by atoms with E-state index >= 15 is 0 Å². The zero-order valence-electron chi connectivity index (χ0n) is 9.44. The van der Waals surface area contributed by atoms with Crippen molar-refractivity contribution in [1.82, 2.24) is 0 Å². The molecule has 13 heavy (non-hydrogen) atoms. The highest BCUT2D eigenvalue weighted by Gasteiger charge is 2.20. The van der Waals surface area contributed by atoms with E-state index < -0.39 is 0 Å². The van der Waals surface area contributed by atoms with Crippen LogP contribution in [0.2, 0.25) is 0 Å². The Balaban J connectivity index is 3.57. The monoisotopic (exact) mass is 203 g/mol. The van der Waals surface area contributed by atoms with Crippen LogP contribution in [-0.4, -0.2) is 18.1 Å². The molecule has 0 radical (unpaired) electrons. The van der Waals surface area contributed by atoms with Crippen LogP contribution in [0.5, 0.6) is 0 Å². The molecule has 1 unspecified atom stereocenters. The van der Waals surface area contributed by atoms with Crippen LogP contribution in [-0.2, 0) is 0 Å². The maximum absolute atomic E-state index is 5.80. The van der Waals surface area contributed by atoms with E-state index in [1.54, 1.807) is 0 Å². The first-order valence-electron chi connectivity index (χ1n) is 5.46. The summed E-state index contributed by atoms with van der Waals surface area (Å²) in [7, 11) is 0. The highest BCUT2D eigenvalue weighted by atomic mass is 32.2. The van der Waals surface area contributed by atoms with Gasteiger partial charge < -0.3 is 5.73 Å². The van der Waals surface area contributed by atoms with Crippen LogP contribution < -0.4 is 5.73 Å². The van der Waals surface area contributed by atoms with Crippen molar-refractivity contribution in [2.75, 3.05) is 18.1 Å². The normalized spacial score (nSPS) is 15.7. The van der Waals surface area contributed by atoms with Gasteiger partial charge in [0.15, 0.2) is 0 Å². The second-order valence-electron chi connectivity index (χ2n) is 4.07. The third kappa shape index (κ3) is 6.39. The van der Waals surface area contributed by atoms with E-state index in [4.69, 9.17) is 5.73 Å². The molecule has 80 valence electrons. The highest BCUT2D eigenvalue weighted by Crippen LogP contribution is 2.28. The average molecular weight is 203 g/mol. The lowest BCUT2D eigenvalue weighted by molar-refractivity contribution is 0.278. The molecule has 0 aromatic carbocycles. The third-order valence-corrected chi connectivity index (χ3v) is 3.61. The van der Waals surface area contributed by atoms with Crippen LogP contribution in [0, 0.1) is 5.41 Å². The predicted octanol–water partition coefficient (Wildman–Crippen LogP) is 3.28. The van der Waals surface area contributed by atoms with Crippen molar-refractivity contribution in [2.45, 2.75) is 46.5 Å². The minimum absolute atomic E-state index is 0.406. The van der Waals surface area contributed by atoms with Gasteiger partial charge in [0.2, 0.25) is 0 Å². The Morgan fingerprint density at radius 3 is 2.38 bits per heavy atom. The molecule has 0 heterocycles. The molecule has 0 saturated carbocycles. The molecule has 0 bridgehead atoms. The molecule has 0 amide bonds. The highest BCUT2D eigenvalue weighted by molar-refractivity contribution is 7.99. The molecule has 0 aromatic heterocycles. The Morgan fingerprint density at radius 2 is 1.92 bits per heavy atom. The number of rotatable bonds is 8. The summed E-state index contributed by atoms with van der Waals surface area (Å²) in [5, 5.41) is 0. The largest absolute Gasteiger partial charge is 0.330 e. The average Bonchev–Trinajstić information content (AvgIpc) is 2.13. The van der Waals surface area contributed by atoms with Gasteiger partial charge in [-0.25, -0.2) is 0 Å². The SMILES string of the molecule is CCCC(C)(CN)CCCSCC. The lowest BCUT2D eigenvalue weighted by atomic mass is 9.81. The van der Waals surface area contributed by atoms with Gasteiger partial charge in [-0.1, -0.05) is 27.2 Å². The smallest absolute Gasteiger partial charge is 0.00232 e. The Labute approximate surface area is 87.9 Å². The fraction of sp³-hybridized carbons (Fsp3) is 1.00. The number of nitrogens with two attached hydrogens (primary N) is 1. The molecule has 0 rings (SSSR count). The van der Waals surface area contributed by atoms with Crippen molar-refractivity contribution in [1.29, 1.82) is 0 Å². The van der Waals surface area contributed by atoms with Crippen molar-refractivity contribution in [2.24, 2.45) is 11.1 Å². The Morgan fingerprint density at radius 1 is 1.23 bits per heavy atom. The molecule has 1 atom stereocenters. The number of thioether (sulfide) groups is 1. The van der Waals surface area contributed by atoms with Crippen LogP contribution in [0.1, 0.15) is 46.5 Å². The summed E-state index contributed by atoms with van der Waals surface area (Å²) in [4.78, 5) is 0. The van der Waals surface area contributed by atoms with Crippen molar-refractivity contribution in [3.63, 3.8) is 0 Å². The zero-order valence-corrected chi connectivity index (χ0v) is 10.3. The molecular formula is C11H25NS. The molecule has 0 fully saturated rings. The minimum atomic E-state index is 0.406. The molecule has 1 nitrogen and oxygen atoms in total. The third-order valence-electron chi connectivity index (χ3n) is 2.62. The summed E-state index contributed by atoms with van der Waals surface area (Å²) in [6.07, 6.45) is 5.16. The van der Waals surface area contributed by atoms with Crippen LogP contribution in [0.25, 0.3) is 0 Å². The van der Waals surface area contributed by atoms with E-state index in [0.29, 0.717) is 5.41 Å².